The maximum Gasteiger partial charge on any atom is 0.407 e. The molecule has 11 heteroatoms. The lowest BCUT2D eigenvalue weighted by Crippen LogP contribution is -2.49. The van der Waals surface area contributed by atoms with Gasteiger partial charge >= 0.3 is 6.09 Å². The summed E-state index contributed by atoms with van der Waals surface area (Å²) in [6.45, 7) is 8.06. The number of rotatable bonds is 11. The highest BCUT2D eigenvalue weighted by Crippen LogP contribution is 2.38. The van der Waals surface area contributed by atoms with E-state index >= 15 is 0 Å². The van der Waals surface area contributed by atoms with Crippen LogP contribution in [-0.2, 0) is 27.4 Å². The summed E-state index contributed by atoms with van der Waals surface area (Å²) in [5, 5.41) is 23.2. The van der Waals surface area contributed by atoms with Gasteiger partial charge in [-0.25, -0.2) is 4.79 Å². The number of non-ortho nitro benzene ring substituents is 1. The Morgan fingerprint density at radius 1 is 0.977 bits per heavy atom. The van der Waals surface area contributed by atoms with E-state index in [1.807, 2.05) is 60.7 Å². The SMILES string of the molecule is C=CCOC(=O)NCc1ccc([C@H]2O[C@@H](CN3CCN(c4ccc([N+](=O)[O-])cc4)CC3)C[C@@H](c3ccc(CO)cc3)O2)cc1. The van der Waals surface area contributed by atoms with Crippen LogP contribution in [0.2, 0.25) is 0 Å². The molecule has 0 unspecified atom stereocenters. The van der Waals surface area contributed by atoms with Gasteiger partial charge in [-0.3, -0.25) is 15.0 Å². The Morgan fingerprint density at radius 2 is 1.64 bits per heavy atom. The van der Waals surface area contributed by atoms with Crippen LogP contribution in [0.1, 0.15) is 41.1 Å². The molecule has 2 fully saturated rings. The Labute approximate surface area is 256 Å². The zero-order chi connectivity index (χ0) is 30.9. The van der Waals surface area contributed by atoms with E-state index in [1.54, 1.807) is 12.1 Å². The van der Waals surface area contributed by atoms with Crippen molar-refractivity contribution in [1.82, 2.24) is 10.2 Å². The van der Waals surface area contributed by atoms with Crippen LogP contribution < -0.4 is 10.2 Å². The molecule has 0 bridgehead atoms. The van der Waals surface area contributed by atoms with E-state index < -0.39 is 12.4 Å². The molecule has 5 rings (SSSR count). The fourth-order valence-electron chi connectivity index (χ4n) is 5.45. The number of nitro benzene ring substituents is 1. The number of nitrogens with zero attached hydrogens (tertiary/aromatic N) is 3. The van der Waals surface area contributed by atoms with E-state index in [-0.39, 0.29) is 36.0 Å². The lowest BCUT2D eigenvalue weighted by molar-refractivity contribution is -0.384. The van der Waals surface area contributed by atoms with E-state index in [0.717, 1.165) is 60.7 Å². The minimum Gasteiger partial charge on any atom is -0.445 e. The normalized spacial score (nSPS) is 20.6. The van der Waals surface area contributed by atoms with Gasteiger partial charge in [0.1, 0.15) is 6.61 Å². The first kappa shape index (κ1) is 31.1. The first-order valence-corrected chi connectivity index (χ1v) is 14.7. The number of carbonyl (C=O) groups is 1. The van der Waals surface area contributed by atoms with Crippen LogP contribution in [0.25, 0.3) is 0 Å². The molecule has 1 amide bonds. The van der Waals surface area contributed by atoms with Gasteiger partial charge in [-0.15, -0.1) is 0 Å². The van der Waals surface area contributed by atoms with Crippen molar-refractivity contribution in [2.24, 2.45) is 0 Å². The highest BCUT2D eigenvalue weighted by molar-refractivity contribution is 5.67. The number of piperazine rings is 1. The van der Waals surface area contributed by atoms with E-state index in [4.69, 9.17) is 14.2 Å². The van der Waals surface area contributed by atoms with Crippen LogP contribution in [0.5, 0.6) is 0 Å². The molecule has 232 valence electrons. The summed E-state index contributed by atoms with van der Waals surface area (Å²) in [5.74, 6) is 0. The number of carbonyl (C=O) groups excluding carboxylic acids is 1. The summed E-state index contributed by atoms with van der Waals surface area (Å²) >= 11 is 0. The number of hydrogen-bond acceptors (Lipinski definition) is 9. The minimum absolute atomic E-state index is 0.0147. The van der Waals surface area contributed by atoms with Gasteiger partial charge in [0.05, 0.1) is 23.7 Å². The third-order valence-corrected chi connectivity index (χ3v) is 7.90. The number of nitro groups is 1. The van der Waals surface area contributed by atoms with Crippen molar-refractivity contribution < 1.29 is 29.0 Å². The molecule has 0 aromatic heterocycles. The number of alkyl carbamates (subject to hydrolysis) is 1. The van der Waals surface area contributed by atoms with Gasteiger partial charge in [-0.05, 0) is 28.8 Å². The van der Waals surface area contributed by atoms with Crippen LogP contribution in [-0.4, -0.2) is 66.5 Å². The van der Waals surface area contributed by atoms with Gasteiger partial charge in [-0.1, -0.05) is 61.2 Å². The van der Waals surface area contributed by atoms with Crippen LogP contribution in [0, 0.1) is 10.1 Å². The Morgan fingerprint density at radius 3 is 2.27 bits per heavy atom. The first-order valence-electron chi connectivity index (χ1n) is 14.7. The zero-order valence-electron chi connectivity index (χ0n) is 24.5. The van der Waals surface area contributed by atoms with Crippen LogP contribution >= 0.6 is 0 Å². The fourth-order valence-corrected chi connectivity index (χ4v) is 5.45. The topological polar surface area (TPSA) is 127 Å². The summed E-state index contributed by atoms with van der Waals surface area (Å²) in [4.78, 5) is 27.0. The minimum atomic E-state index is -0.572. The van der Waals surface area contributed by atoms with Crippen molar-refractivity contribution >= 4 is 17.5 Å². The van der Waals surface area contributed by atoms with Gasteiger partial charge in [-0.2, -0.15) is 0 Å². The number of amides is 1. The van der Waals surface area contributed by atoms with E-state index in [1.165, 1.54) is 6.08 Å². The predicted molar refractivity (Wildman–Crippen MR) is 165 cm³/mol. The standard InChI is InChI=1S/C33H38N4O7/c1-2-19-42-33(39)34-21-24-3-9-27(10-4-24)32-43-30(20-31(44-32)26-7-5-25(23-38)6-8-26)22-35-15-17-36(18-16-35)28-11-13-29(14-12-28)37(40)41/h2-14,30-32,38H,1,15-23H2,(H,34,39)/t30-,31+,32+/m1/s1. The molecule has 3 atom stereocenters. The largest absolute Gasteiger partial charge is 0.445 e. The molecule has 0 saturated carbocycles. The Kier molecular flexibility index (Phi) is 10.6. The first-order chi connectivity index (χ1) is 21.4. The second-order valence-corrected chi connectivity index (χ2v) is 10.9. The summed E-state index contributed by atoms with van der Waals surface area (Å²) in [6, 6.07) is 22.3. The average Bonchev–Trinajstić information content (AvgIpc) is 3.07. The highest BCUT2D eigenvalue weighted by Gasteiger charge is 2.34. The van der Waals surface area contributed by atoms with Gasteiger partial charge in [0.25, 0.3) is 5.69 Å². The molecule has 0 radical (unpaired) electrons. The second kappa shape index (κ2) is 14.9. The monoisotopic (exact) mass is 602 g/mol. The molecule has 0 aliphatic carbocycles. The molecule has 2 saturated heterocycles. The molecule has 3 aromatic carbocycles. The van der Waals surface area contributed by atoms with Crippen molar-refractivity contribution in [3.63, 3.8) is 0 Å². The number of anilines is 1. The van der Waals surface area contributed by atoms with E-state index in [9.17, 15) is 20.0 Å². The van der Waals surface area contributed by atoms with Gasteiger partial charge in [0.15, 0.2) is 6.29 Å². The van der Waals surface area contributed by atoms with Gasteiger partial charge in [0.2, 0.25) is 0 Å². The Bertz CT molecular complexity index is 1390. The van der Waals surface area contributed by atoms with Crippen molar-refractivity contribution in [2.45, 2.75) is 38.1 Å². The molecule has 2 aliphatic rings. The molecule has 3 aromatic rings. The smallest absolute Gasteiger partial charge is 0.407 e. The zero-order valence-corrected chi connectivity index (χ0v) is 24.5. The third kappa shape index (κ3) is 8.20. The van der Waals surface area contributed by atoms with Crippen molar-refractivity contribution in [3.8, 4) is 0 Å². The van der Waals surface area contributed by atoms with E-state index in [2.05, 4.69) is 21.7 Å². The van der Waals surface area contributed by atoms with Crippen molar-refractivity contribution in [2.75, 3.05) is 44.2 Å². The third-order valence-electron chi connectivity index (χ3n) is 7.90. The summed E-state index contributed by atoms with van der Waals surface area (Å²) in [7, 11) is 0. The van der Waals surface area contributed by atoms with Gasteiger partial charge < -0.3 is 29.5 Å². The summed E-state index contributed by atoms with van der Waals surface area (Å²) in [5.41, 5.74) is 4.75. The predicted octanol–water partition coefficient (Wildman–Crippen LogP) is 4.87. The quantitative estimate of drug-likeness (QED) is 0.180. The molecule has 2 heterocycles. The molecule has 2 aliphatic heterocycles. The number of aliphatic hydroxyl groups excluding tert-OH is 1. The summed E-state index contributed by atoms with van der Waals surface area (Å²) in [6.07, 6.45) is 0.863. The lowest BCUT2D eigenvalue weighted by atomic mass is 9.99. The lowest BCUT2D eigenvalue weighted by Gasteiger charge is -2.41. The fraction of sp³-hybridized carbons (Fsp3) is 0.364. The van der Waals surface area contributed by atoms with Crippen molar-refractivity contribution in [1.29, 1.82) is 0 Å². The molecule has 44 heavy (non-hydrogen) atoms. The highest BCUT2D eigenvalue weighted by atomic mass is 16.7. The van der Waals surface area contributed by atoms with Crippen LogP contribution in [0.15, 0.2) is 85.5 Å². The van der Waals surface area contributed by atoms with Crippen LogP contribution in [0.3, 0.4) is 0 Å². The number of aliphatic hydroxyl groups is 1. The molecule has 11 nitrogen and oxygen atoms in total. The van der Waals surface area contributed by atoms with Crippen LogP contribution in [0.4, 0.5) is 16.2 Å². The molecule has 2 N–H and O–H groups in total. The molecule has 0 spiro atoms. The maximum atomic E-state index is 11.8. The van der Waals surface area contributed by atoms with Gasteiger partial charge in [0, 0.05) is 69.1 Å². The maximum absolute atomic E-state index is 11.8. The molecular formula is C33H38N4O7. The average molecular weight is 603 g/mol. The second-order valence-electron chi connectivity index (χ2n) is 10.9. The van der Waals surface area contributed by atoms with Crippen molar-refractivity contribution in [3.05, 3.63) is 118 Å². The van der Waals surface area contributed by atoms with E-state index in [0.29, 0.717) is 13.0 Å². The Balaban J connectivity index is 1.23. The Hall–Kier alpha value is -4.29. The number of benzene rings is 3. The number of nitrogens with one attached hydrogen (secondary N) is 1. The number of hydrogen-bond donors (Lipinski definition) is 2. The molecular weight excluding hydrogens is 564 g/mol. The summed E-state index contributed by atoms with van der Waals surface area (Å²) < 4.78 is 18.0. The number of ether oxygens (including phenoxy) is 3.